The summed E-state index contributed by atoms with van der Waals surface area (Å²) in [7, 11) is 0. The quantitative estimate of drug-likeness (QED) is 0.743. The van der Waals surface area contributed by atoms with Crippen LogP contribution in [0.15, 0.2) is 33.0 Å². The third-order valence-corrected chi connectivity index (χ3v) is 4.70. The lowest BCUT2D eigenvalue weighted by atomic mass is 10.1. The fraction of sp³-hybridized carbons (Fsp3) is 0.353. The average molecular weight is 345 g/mol. The van der Waals surface area contributed by atoms with E-state index in [0.29, 0.717) is 28.9 Å². The van der Waals surface area contributed by atoms with E-state index in [-0.39, 0.29) is 23.8 Å². The van der Waals surface area contributed by atoms with Gasteiger partial charge in [0.2, 0.25) is 5.91 Å². The molecule has 0 saturated heterocycles. The molecule has 0 aliphatic rings. The molecule has 0 atom stereocenters. The molecule has 3 aromatic heterocycles. The van der Waals surface area contributed by atoms with Gasteiger partial charge in [-0.3, -0.25) is 14.2 Å². The van der Waals surface area contributed by atoms with Gasteiger partial charge in [0.25, 0.3) is 5.56 Å². The largest absolute Gasteiger partial charge is 0.464 e. The number of furan rings is 1. The molecule has 0 radical (unpaired) electrons. The van der Waals surface area contributed by atoms with Crippen LogP contribution >= 0.6 is 11.3 Å². The third-order valence-electron chi connectivity index (χ3n) is 3.83. The average Bonchev–Trinajstić information content (AvgIpc) is 3.17. The summed E-state index contributed by atoms with van der Waals surface area (Å²) in [5, 5.41) is 2.47. The van der Waals surface area contributed by atoms with Crippen molar-refractivity contribution >= 4 is 27.5 Å². The van der Waals surface area contributed by atoms with Crippen LogP contribution in [0.25, 0.3) is 21.5 Å². The summed E-state index contributed by atoms with van der Waals surface area (Å²) in [5.41, 5.74) is 5.87. The number of fused-ring (bicyclic) bond motifs is 1. The number of amides is 1. The normalized spacial score (nSPS) is 11.5. The van der Waals surface area contributed by atoms with Crippen LogP contribution in [-0.4, -0.2) is 15.5 Å². The Bertz CT molecular complexity index is 923. The molecule has 3 aromatic rings. The molecule has 24 heavy (non-hydrogen) atoms. The van der Waals surface area contributed by atoms with Crippen molar-refractivity contribution < 1.29 is 9.21 Å². The number of primary amides is 1. The van der Waals surface area contributed by atoms with Gasteiger partial charge in [0, 0.05) is 29.8 Å². The Morgan fingerprint density at radius 1 is 1.46 bits per heavy atom. The van der Waals surface area contributed by atoms with Gasteiger partial charge in [-0.25, -0.2) is 4.98 Å². The van der Waals surface area contributed by atoms with E-state index in [0.717, 1.165) is 11.4 Å². The van der Waals surface area contributed by atoms with Gasteiger partial charge in [-0.05, 0) is 18.6 Å². The standard InChI is InChI=1S/C17H19N3O3S/c1-10(2)15-19-16-14(11(9-24-16)12-5-4-8-23-12)17(22)20(15)7-3-6-13(18)21/h4-5,8-10H,3,6-7H2,1-2H3,(H2,18,21). The van der Waals surface area contributed by atoms with Crippen molar-refractivity contribution in [2.24, 2.45) is 5.73 Å². The van der Waals surface area contributed by atoms with Crippen LogP contribution < -0.4 is 11.3 Å². The predicted molar refractivity (Wildman–Crippen MR) is 94.1 cm³/mol. The van der Waals surface area contributed by atoms with E-state index in [1.54, 1.807) is 16.9 Å². The SMILES string of the molecule is CC(C)c1nc2scc(-c3ccco3)c2c(=O)n1CCCC(N)=O. The van der Waals surface area contributed by atoms with Crippen molar-refractivity contribution in [1.82, 2.24) is 9.55 Å². The first kappa shape index (κ1) is 16.4. The van der Waals surface area contributed by atoms with Gasteiger partial charge >= 0.3 is 0 Å². The molecule has 0 bridgehead atoms. The molecule has 0 fully saturated rings. The fourth-order valence-electron chi connectivity index (χ4n) is 2.72. The van der Waals surface area contributed by atoms with Gasteiger partial charge in [0.15, 0.2) is 0 Å². The second-order valence-electron chi connectivity index (χ2n) is 5.96. The minimum Gasteiger partial charge on any atom is -0.464 e. The summed E-state index contributed by atoms with van der Waals surface area (Å²) in [6.07, 6.45) is 2.35. The van der Waals surface area contributed by atoms with Gasteiger partial charge in [0.05, 0.1) is 11.6 Å². The minimum absolute atomic E-state index is 0.0965. The fourth-order valence-corrected chi connectivity index (χ4v) is 3.65. The molecule has 0 saturated carbocycles. The summed E-state index contributed by atoms with van der Waals surface area (Å²) < 4.78 is 7.10. The summed E-state index contributed by atoms with van der Waals surface area (Å²) in [4.78, 5) is 29.5. The van der Waals surface area contributed by atoms with Crippen molar-refractivity contribution in [2.45, 2.75) is 39.2 Å². The highest BCUT2D eigenvalue weighted by atomic mass is 32.1. The molecule has 3 rings (SSSR count). The van der Waals surface area contributed by atoms with Crippen LogP contribution in [0.5, 0.6) is 0 Å². The summed E-state index contributed by atoms with van der Waals surface area (Å²) >= 11 is 1.44. The number of nitrogens with two attached hydrogens (primary N) is 1. The number of thiophene rings is 1. The van der Waals surface area contributed by atoms with E-state index in [9.17, 15) is 9.59 Å². The minimum atomic E-state index is -0.366. The number of hydrogen-bond donors (Lipinski definition) is 1. The first-order valence-electron chi connectivity index (χ1n) is 7.83. The van der Waals surface area contributed by atoms with E-state index in [1.807, 2.05) is 25.3 Å². The molecule has 1 amide bonds. The van der Waals surface area contributed by atoms with Gasteiger partial charge in [-0.15, -0.1) is 11.3 Å². The molecule has 6 nitrogen and oxygen atoms in total. The molecule has 0 aliphatic heterocycles. The molecule has 0 unspecified atom stereocenters. The lowest BCUT2D eigenvalue weighted by molar-refractivity contribution is -0.118. The number of carbonyl (C=O) groups excluding carboxylic acids is 1. The topological polar surface area (TPSA) is 91.1 Å². The van der Waals surface area contributed by atoms with E-state index in [1.165, 1.54) is 11.3 Å². The van der Waals surface area contributed by atoms with E-state index < -0.39 is 0 Å². The number of nitrogens with zero attached hydrogens (tertiary/aromatic N) is 2. The number of carbonyl (C=O) groups is 1. The summed E-state index contributed by atoms with van der Waals surface area (Å²) in [5.74, 6) is 1.12. The highest BCUT2D eigenvalue weighted by Crippen LogP contribution is 2.32. The molecular formula is C17H19N3O3S. The highest BCUT2D eigenvalue weighted by molar-refractivity contribution is 7.17. The van der Waals surface area contributed by atoms with Crippen molar-refractivity contribution in [3.63, 3.8) is 0 Å². The summed E-state index contributed by atoms with van der Waals surface area (Å²) in [6, 6.07) is 3.62. The number of rotatable bonds is 6. The first-order valence-corrected chi connectivity index (χ1v) is 8.71. The lowest BCUT2D eigenvalue weighted by Gasteiger charge is -2.14. The Hall–Kier alpha value is -2.41. The van der Waals surface area contributed by atoms with Crippen LogP contribution in [0.4, 0.5) is 0 Å². The molecule has 126 valence electrons. The zero-order chi connectivity index (χ0) is 17.3. The zero-order valence-corrected chi connectivity index (χ0v) is 14.4. The maximum Gasteiger partial charge on any atom is 0.263 e. The third kappa shape index (κ3) is 2.99. The van der Waals surface area contributed by atoms with E-state index in [4.69, 9.17) is 10.2 Å². The molecular weight excluding hydrogens is 326 g/mol. The van der Waals surface area contributed by atoms with Crippen LogP contribution in [0.3, 0.4) is 0 Å². The Balaban J connectivity index is 2.14. The zero-order valence-electron chi connectivity index (χ0n) is 13.6. The van der Waals surface area contributed by atoms with Crippen LogP contribution in [0, 0.1) is 0 Å². The molecule has 0 aliphatic carbocycles. The smallest absolute Gasteiger partial charge is 0.263 e. The first-order chi connectivity index (χ1) is 11.5. The Morgan fingerprint density at radius 3 is 2.88 bits per heavy atom. The second kappa shape index (κ2) is 6.60. The van der Waals surface area contributed by atoms with Crippen molar-refractivity contribution in [1.29, 1.82) is 0 Å². The van der Waals surface area contributed by atoms with Gasteiger partial charge < -0.3 is 10.2 Å². The van der Waals surface area contributed by atoms with Crippen LogP contribution in [-0.2, 0) is 11.3 Å². The van der Waals surface area contributed by atoms with Gasteiger partial charge in [0.1, 0.15) is 16.4 Å². The summed E-state index contributed by atoms with van der Waals surface area (Å²) in [6.45, 7) is 4.42. The Labute approximate surface area is 142 Å². The highest BCUT2D eigenvalue weighted by Gasteiger charge is 2.19. The molecule has 0 aromatic carbocycles. The maximum absolute atomic E-state index is 13.1. The number of hydrogen-bond acceptors (Lipinski definition) is 5. The monoisotopic (exact) mass is 345 g/mol. The Kier molecular flexibility index (Phi) is 4.53. The molecule has 3 heterocycles. The van der Waals surface area contributed by atoms with E-state index >= 15 is 0 Å². The van der Waals surface area contributed by atoms with E-state index in [2.05, 4.69) is 4.98 Å². The van der Waals surface area contributed by atoms with Crippen LogP contribution in [0.2, 0.25) is 0 Å². The van der Waals surface area contributed by atoms with Gasteiger partial charge in [-0.1, -0.05) is 13.8 Å². The molecule has 0 spiro atoms. The predicted octanol–water partition coefficient (Wildman–Crippen LogP) is 3.11. The number of aromatic nitrogens is 2. The molecule has 7 heteroatoms. The van der Waals surface area contributed by atoms with Crippen molar-refractivity contribution in [2.75, 3.05) is 0 Å². The van der Waals surface area contributed by atoms with Crippen LogP contribution in [0.1, 0.15) is 38.4 Å². The molecule has 2 N–H and O–H groups in total. The Morgan fingerprint density at radius 2 is 2.25 bits per heavy atom. The van der Waals surface area contributed by atoms with Gasteiger partial charge in [-0.2, -0.15) is 0 Å². The second-order valence-corrected chi connectivity index (χ2v) is 6.82. The van der Waals surface area contributed by atoms with Crippen molar-refractivity contribution in [3.8, 4) is 11.3 Å². The van der Waals surface area contributed by atoms with Crippen molar-refractivity contribution in [3.05, 3.63) is 40.0 Å². The lowest BCUT2D eigenvalue weighted by Crippen LogP contribution is -2.26. The maximum atomic E-state index is 13.1.